The number of anilines is 1. The third-order valence-corrected chi connectivity index (χ3v) is 2.80. The number of carboxylic acids is 1. The van der Waals surface area contributed by atoms with E-state index >= 15 is 0 Å². The first-order chi connectivity index (χ1) is 7.35. The smallest absolute Gasteiger partial charge is 0.337 e. The molecule has 0 heterocycles. The Morgan fingerprint density at radius 2 is 2.12 bits per heavy atom. The Balaban J connectivity index is 3.09. The van der Waals surface area contributed by atoms with Crippen molar-refractivity contribution >= 4 is 23.3 Å². The molecular weight excluding hydrogens is 226 g/mol. The average Bonchev–Trinajstić information content (AvgIpc) is 2.20. The van der Waals surface area contributed by atoms with Gasteiger partial charge in [0.1, 0.15) is 0 Å². The number of benzene rings is 1. The van der Waals surface area contributed by atoms with Gasteiger partial charge >= 0.3 is 5.97 Å². The lowest BCUT2D eigenvalue weighted by Gasteiger charge is -2.26. The summed E-state index contributed by atoms with van der Waals surface area (Å²) in [7, 11) is 0. The van der Waals surface area contributed by atoms with E-state index in [0.717, 1.165) is 6.42 Å². The monoisotopic (exact) mass is 241 g/mol. The Morgan fingerprint density at radius 3 is 2.62 bits per heavy atom. The molecule has 0 aromatic heterocycles. The van der Waals surface area contributed by atoms with Crippen LogP contribution in [0.2, 0.25) is 5.02 Å². The van der Waals surface area contributed by atoms with Crippen LogP contribution in [0.15, 0.2) is 18.2 Å². The summed E-state index contributed by atoms with van der Waals surface area (Å²) in [6, 6.07) is 4.84. The predicted molar refractivity (Wildman–Crippen MR) is 66.4 cm³/mol. The zero-order valence-corrected chi connectivity index (χ0v) is 10.4. The Morgan fingerprint density at radius 1 is 1.50 bits per heavy atom. The molecular formula is C12H16ClNO2. The number of hydrogen-bond acceptors (Lipinski definition) is 2. The molecule has 1 rings (SSSR count). The highest BCUT2D eigenvalue weighted by Crippen LogP contribution is 2.24. The highest BCUT2D eigenvalue weighted by Gasteiger charge is 2.18. The van der Waals surface area contributed by atoms with Gasteiger partial charge in [-0.3, -0.25) is 0 Å². The molecule has 0 radical (unpaired) electrons. The zero-order valence-electron chi connectivity index (χ0n) is 9.67. The predicted octanol–water partition coefficient (Wildman–Crippen LogP) is 3.64. The van der Waals surface area contributed by atoms with E-state index in [2.05, 4.69) is 5.32 Å². The van der Waals surface area contributed by atoms with Gasteiger partial charge in [-0.05, 0) is 38.5 Å². The summed E-state index contributed by atoms with van der Waals surface area (Å²) in [4.78, 5) is 11.0. The Labute approximate surface area is 100 Å². The maximum atomic E-state index is 11.0. The first kappa shape index (κ1) is 12.8. The van der Waals surface area contributed by atoms with Crippen LogP contribution in [-0.4, -0.2) is 16.6 Å². The van der Waals surface area contributed by atoms with E-state index in [1.165, 1.54) is 6.07 Å². The fourth-order valence-electron chi connectivity index (χ4n) is 1.26. The minimum Gasteiger partial charge on any atom is -0.478 e. The molecule has 0 amide bonds. The fraction of sp³-hybridized carbons (Fsp3) is 0.417. The van der Waals surface area contributed by atoms with E-state index in [-0.39, 0.29) is 11.1 Å². The molecule has 0 aliphatic rings. The van der Waals surface area contributed by atoms with E-state index in [9.17, 15) is 4.79 Å². The molecule has 1 aromatic carbocycles. The third kappa shape index (κ3) is 3.14. The highest BCUT2D eigenvalue weighted by atomic mass is 35.5. The van der Waals surface area contributed by atoms with Gasteiger partial charge in [0, 0.05) is 16.2 Å². The quantitative estimate of drug-likeness (QED) is 0.846. The number of carbonyl (C=O) groups is 1. The van der Waals surface area contributed by atoms with Crippen LogP contribution in [0.5, 0.6) is 0 Å². The van der Waals surface area contributed by atoms with Crippen molar-refractivity contribution in [2.24, 2.45) is 0 Å². The van der Waals surface area contributed by atoms with Gasteiger partial charge in [0.2, 0.25) is 0 Å². The van der Waals surface area contributed by atoms with Crippen LogP contribution >= 0.6 is 11.6 Å². The number of aromatic carboxylic acids is 1. The van der Waals surface area contributed by atoms with Gasteiger partial charge in [-0.25, -0.2) is 4.79 Å². The summed E-state index contributed by atoms with van der Waals surface area (Å²) >= 11 is 5.77. The molecule has 0 unspecified atom stereocenters. The van der Waals surface area contributed by atoms with Crippen LogP contribution in [0, 0.1) is 0 Å². The molecule has 0 bridgehead atoms. The van der Waals surface area contributed by atoms with Gasteiger partial charge < -0.3 is 10.4 Å². The Hall–Kier alpha value is -1.22. The number of hydrogen-bond donors (Lipinski definition) is 2. The molecule has 0 saturated carbocycles. The molecule has 1 aromatic rings. The normalized spacial score (nSPS) is 11.2. The van der Waals surface area contributed by atoms with Crippen LogP contribution in [0.3, 0.4) is 0 Å². The summed E-state index contributed by atoms with van der Waals surface area (Å²) < 4.78 is 0. The molecule has 0 aliphatic carbocycles. The first-order valence-corrected chi connectivity index (χ1v) is 5.54. The maximum Gasteiger partial charge on any atom is 0.337 e. The molecule has 2 N–H and O–H groups in total. The molecule has 0 fully saturated rings. The summed E-state index contributed by atoms with van der Waals surface area (Å²) in [5.74, 6) is -0.975. The topological polar surface area (TPSA) is 49.3 Å². The number of nitrogens with one attached hydrogen (secondary N) is 1. The van der Waals surface area contributed by atoms with E-state index in [4.69, 9.17) is 16.7 Å². The standard InChI is InChI=1S/C12H16ClNO2/c1-4-12(2,3)14-10-6-5-8(13)7-9(10)11(15)16/h5-7,14H,4H2,1-3H3,(H,15,16). The van der Waals surface area contributed by atoms with E-state index in [1.54, 1.807) is 12.1 Å². The van der Waals surface area contributed by atoms with E-state index in [1.807, 2.05) is 20.8 Å². The molecule has 0 aliphatic heterocycles. The second-order valence-corrected chi connectivity index (χ2v) is 4.79. The SMILES string of the molecule is CCC(C)(C)Nc1ccc(Cl)cc1C(=O)O. The van der Waals surface area contributed by atoms with Crippen LogP contribution in [-0.2, 0) is 0 Å². The van der Waals surface area contributed by atoms with Crippen molar-refractivity contribution < 1.29 is 9.90 Å². The van der Waals surface area contributed by atoms with E-state index < -0.39 is 5.97 Å². The van der Waals surface area contributed by atoms with E-state index in [0.29, 0.717) is 10.7 Å². The third-order valence-electron chi connectivity index (χ3n) is 2.57. The number of carboxylic acid groups (broad SMARTS) is 1. The van der Waals surface area contributed by atoms with Gasteiger partial charge in [0.25, 0.3) is 0 Å². The highest BCUT2D eigenvalue weighted by molar-refractivity contribution is 6.31. The van der Waals surface area contributed by atoms with Gasteiger partial charge in [0.15, 0.2) is 0 Å². The molecule has 0 saturated heterocycles. The lowest BCUT2D eigenvalue weighted by molar-refractivity contribution is 0.0698. The molecule has 0 atom stereocenters. The van der Waals surface area contributed by atoms with Gasteiger partial charge in [-0.15, -0.1) is 0 Å². The largest absolute Gasteiger partial charge is 0.478 e. The number of halogens is 1. The summed E-state index contributed by atoms with van der Waals surface area (Å²) in [6.07, 6.45) is 0.898. The van der Waals surface area contributed by atoms with Crippen LogP contribution in [0.25, 0.3) is 0 Å². The van der Waals surface area contributed by atoms with Crippen molar-refractivity contribution in [2.45, 2.75) is 32.7 Å². The van der Waals surface area contributed by atoms with Crippen LogP contribution in [0.4, 0.5) is 5.69 Å². The minimum atomic E-state index is -0.975. The average molecular weight is 242 g/mol. The van der Waals surface area contributed by atoms with Crippen molar-refractivity contribution in [3.05, 3.63) is 28.8 Å². The summed E-state index contributed by atoms with van der Waals surface area (Å²) in [5.41, 5.74) is 0.663. The van der Waals surface area contributed by atoms with Crippen molar-refractivity contribution in [1.29, 1.82) is 0 Å². The van der Waals surface area contributed by atoms with Gasteiger partial charge in [-0.1, -0.05) is 18.5 Å². The molecule has 88 valence electrons. The first-order valence-electron chi connectivity index (χ1n) is 5.17. The second-order valence-electron chi connectivity index (χ2n) is 4.36. The minimum absolute atomic E-state index is 0.141. The van der Waals surface area contributed by atoms with Crippen LogP contribution in [0.1, 0.15) is 37.6 Å². The van der Waals surface area contributed by atoms with Crippen molar-refractivity contribution in [3.8, 4) is 0 Å². The number of rotatable bonds is 4. The van der Waals surface area contributed by atoms with Crippen molar-refractivity contribution in [3.63, 3.8) is 0 Å². The lowest BCUT2D eigenvalue weighted by atomic mass is 10.0. The fourth-order valence-corrected chi connectivity index (χ4v) is 1.43. The molecule has 16 heavy (non-hydrogen) atoms. The molecule has 0 spiro atoms. The maximum absolute atomic E-state index is 11.0. The van der Waals surface area contributed by atoms with Gasteiger partial charge in [0.05, 0.1) is 5.56 Å². The second kappa shape index (κ2) is 4.74. The van der Waals surface area contributed by atoms with Gasteiger partial charge in [-0.2, -0.15) is 0 Å². The Kier molecular flexibility index (Phi) is 3.81. The zero-order chi connectivity index (χ0) is 12.3. The Bertz CT molecular complexity index is 402. The van der Waals surface area contributed by atoms with Crippen LogP contribution < -0.4 is 5.32 Å². The summed E-state index contributed by atoms with van der Waals surface area (Å²) in [6.45, 7) is 6.09. The van der Waals surface area contributed by atoms with Crippen molar-refractivity contribution in [2.75, 3.05) is 5.32 Å². The lowest BCUT2D eigenvalue weighted by Crippen LogP contribution is -2.30. The van der Waals surface area contributed by atoms with Crippen molar-refractivity contribution in [1.82, 2.24) is 0 Å². The molecule has 4 heteroatoms. The molecule has 3 nitrogen and oxygen atoms in total. The summed E-state index contributed by atoms with van der Waals surface area (Å²) in [5, 5.41) is 12.7.